The van der Waals surface area contributed by atoms with Gasteiger partial charge in [0, 0.05) is 47.8 Å². The second-order valence-corrected chi connectivity index (χ2v) is 12.9. The van der Waals surface area contributed by atoms with Crippen LogP contribution in [0, 0.1) is 11.8 Å². The van der Waals surface area contributed by atoms with Gasteiger partial charge in [-0.25, -0.2) is 4.98 Å². The molecule has 3 aromatic rings. The fourth-order valence-electron chi connectivity index (χ4n) is 7.27. The summed E-state index contributed by atoms with van der Waals surface area (Å²) in [7, 11) is 7.07. The van der Waals surface area contributed by atoms with Crippen LogP contribution in [0.25, 0.3) is 11.1 Å². The molecular weight excluding hydrogens is 572 g/mol. The number of amides is 1. The van der Waals surface area contributed by atoms with Crippen LogP contribution in [0.2, 0.25) is 0 Å². The molecule has 12 heteroatoms. The van der Waals surface area contributed by atoms with Gasteiger partial charge in [0.2, 0.25) is 0 Å². The highest BCUT2D eigenvalue weighted by molar-refractivity contribution is 7.99. The number of hydrogen-bond donors (Lipinski definition) is 5. The zero-order valence-corrected chi connectivity index (χ0v) is 25.0. The number of Topliss-reactive ketones (excluding diaryl/α,β-unsaturated/α-hetero) is 1. The third kappa shape index (κ3) is 4.19. The maximum Gasteiger partial charge on any atom is 0.250 e. The molecule has 1 amide bonds. The van der Waals surface area contributed by atoms with Crippen molar-refractivity contribution >= 4 is 40.2 Å². The van der Waals surface area contributed by atoms with Gasteiger partial charge in [0.25, 0.3) is 5.91 Å². The molecule has 1 aromatic heterocycles. The van der Waals surface area contributed by atoms with Crippen molar-refractivity contribution in [3.8, 4) is 0 Å². The van der Waals surface area contributed by atoms with Crippen molar-refractivity contribution in [2.24, 2.45) is 17.6 Å². The summed E-state index contributed by atoms with van der Waals surface area (Å²) in [5, 5.41) is 46.6. The molecule has 2 aromatic carbocycles. The minimum Gasteiger partial charge on any atom is -0.510 e. The summed E-state index contributed by atoms with van der Waals surface area (Å²) in [6.45, 7) is 0. The number of aromatic nitrogens is 1. The summed E-state index contributed by atoms with van der Waals surface area (Å²) in [6.07, 6.45) is -0.696. The molecule has 3 aliphatic rings. The first kappa shape index (κ1) is 29.2. The average Bonchev–Trinajstić information content (AvgIpc) is 3.43. The molecule has 6 N–H and O–H groups in total. The second kappa shape index (κ2) is 10.4. The Labute approximate surface area is 252 Å². The molecule has 6 rings (SSSR count). The first-order valence-corrected chi connectivity index (χ1v) is 14.9. The number of nitrogens with two attached hydrogens (primary N) is 1. The van der Waals surface area contributed by atoms with Gasteiger partial charge in [-0.2, -0.15) is 0 Å². The second-order valence-electron chi connectivity index (χ2n) is 11.8. The highest BCUT2D eigenvalue weighted by Crippen LogP contribution is 2.58. The zero-order valence-electron chi connectivity index (χ0n) is 24.2. The summed E-state index contributed by atoms with van der Waals surface area (Å²) < 4.78 is 5.73. The van der Waals surface area contributed by atoms with E-state index in [4.69, 9.17) is 10.2 Å². The number of nitrogens with zero attached hydrogens (tertiary/aromatic N) is 3. The average molecular weight is 607 g/mol. The SMILES string of the molecule is CN(C)c1cc2ncoc2c2c1[C@H](CSc1ccccc1)[C@H]1C[C@H]3[C@H](N(C)C)C(O)=C(C(N)=O)C(O)[C@@]3(O)C(O)=C1C2=O. The Kier molecular flexibility index (Phi) is 7.08. The number of aliphatic hydroxyl groups excluding tert-OH is 3. The molecule has 0 saturated carbocycles. The maximum absolute atomic E-state index is 14.5. The number of allylic oxidation sites excluding steroid dienone is 1. The van der Waals surface area contributed by atoms with Crippen LogP contribution in [-0.4, -0.2) is 93.7 Å². The van der Waals surface area contributed by atoms with E-state index in [-0.39, 0.29) is 29.1 Å². The molecule has 0 bridgehead atoms. The Morgan fingerprint density at radius 3 is 2.51 bits per heavy atom. The number of anilines is 1. The number of benzene rings is 2. The van der Waals surface area contributed by atoms with E-state index in [1.807, 2.05) is 55.4 Å². The molecule has 3 aliphatic carbocycles. The van der Waals surface area contributed by atoms with Crippen LogP contribution in [0.15, 0.2) is 74.8 Å². The maximum atomic E-state index is 14.5. The summed E-state index contributed by atoms with van der Waals surface area (Å²) in [4.78, 5) is 35.7. The first-order valence-electron chi connectivity index (χ1n) is 13.9. The molecule has 1 heterocycles. The Hall–Kier alpha value is -3.84. The van der Waals surface area contributed by atoms with Gasteiger partial charge >= 0.3 is 0 Å². The predicted molar refractivity (Wildman–Crippen MR) is 161 cm³/mol. The van der Waals surface area contributed by atoms with E-state index in [2.05, 4.69) is 4.98 Å². The standard InChI is InChI=1S/C31H34N4O7S/c1-34(2)19-11-18-27(42-13-33-18)22-20(19)16(12-43-14-8-6-5-7-9-14)15-10-17-24(35(3)4)26(37)23(30(32)40)29(39)31(17,41)28(38)21(15)25(22)36/h5-9,11,13,15-17,24,29,37-39,41H,10,12H2,1-4H3,(H2,32,40)/t15-,16-,17+,24+,29?,31+/m1/s1. The molecule has 0 aliphatic heterocycles. The molecule has 43 heavy (non-hydrogen) atoms. The first-order chi connectivity index (χ1) is 20.4. The van der Waals surface area contributed by atoms with Crippen molar-refractivity contribution in [2.45, 2.75) is 35.0 Å². The number of carbonyl (C=O) groups is 2. The monoisotopic (exact) mass is 606 g/mol. The summed E-state index contributed by atoms with van der Waals surface area (Å²) in [5.74, 6) is -4.36. The number of hydrogen-bond acceptors (Lipinski definition) is 11. The number of oxazole rings is 1. The fraction of sp³-hybridized carbons (Fsp3) is 0.387. The largest absolute Gasteiger partial charge is 0.510 e. The van der Waals surface area contributed by atoms with E-state index in [1.54, 1.807) is 30.8 Å². The van der Waals surface area contributed by atoms with Gasteiger partial charge in [0.15, 0.2) is 23.4 Å². The number of likely N-dealkylation sites (N-methyl/N-ethyl adjacent to an activating group) is 1. The van der Waals surface area contributed by atoms with Gasteiger partial charge in [0.1, 0.15) is 23.1 Å². The number of aliphatic hydroxyl groups is 4. The third-order valence-electron chi connectivity index (χ3n) is 9.15. The van der Waals surface area contributed by atoms with Crippen molar-refractivity contribution in [3.63, 3.8) is 0 Å². The number of fused-ring (bicyclic) bond motifs is 5. The lowest BCUT2D eigenvalue weighted by molar-refractivity contribution is -0.144. The molecule has 11 nitrogen and oxygen atoms in total. The minimum atomic E-state index is -2.47. The Morgan fingerprint density at radius 1 is 1.19 bits per heavy atom. The summed E-state index contributed by atoms with van der Waals surface area (Å²) >= 11 is 1.60. The quantitative estimate of drug-likeness (QED) is 0.261. The number of ketones is 1. The molecule has 0 fully saturated rings. The molecule has 0 radical (unpaired) electrons. The van der Waals surface area contributed by atoms with E-state index in [1.165, 1.54) is 6.39 Å². The third-order valence-corrected chi connectivity index (χ3v) is 10.3. The zero-order chi connectivity index (χ0) is 31.0. The van der Waals surface area contributed by atoms with Crippen molar-refractivity contribution in [3.05, 3.63) is 76.6 Å². The number of rotatable bonds is 6. The van der Waals surface area contributed by atoms with Crippen LogP contribution < -0.4 is 10.6 Å². The Bertz CT molecular complexity index is 1700. The van der Waals surface area contributed by atoms with E-state index in [9.17, 15) is 30.0 Å². The van der Waals surface area contributed by atoms with E-state index >= 15 is 0 Å². The molecular formula is C31H34N4O7S. The van der Waals surface area contributed by atoms with E-state index in [0.29, 0.717) is 11.3 Å². The molecule has 0 spiro atoms. The lowest BCUT2D eigenvalue weighted by atomic mass is 9.56. The fourth-order valence-corrected chi connectivity index (χ4v) is 8.39. The van der Waals surface area contributed by atoms with Crippen LogP contribution in [0.1, 0.15) is 28.3 Å². The Balaban J connectivity index is 1.62. The van der Waals surface area contributed by atoms with Crippen molar-refractivity contribution in [2.75, 3.05) is 38.8 Å². The van der Waals surface area contributed by atoms with Gasteiger partial charge in [-0.3, -0.25) is 14.5 Å². The molecule has 1 unspecified atom stereocenters. The van der Waals surface area contributed by atoms with Gasteiger partial charge in [-0.05, 0) is 50.2 Å². The van der Waals surface area contributed by atoms with Crippen LogP contribution >= 0.6 is 11.8 Å². The van der Waals surface area contributed by atoms with Crippen molar-refractivity contribution in [1.82, 2.24) is 9.88 Å². The number of thioether (sulfide) groups is 1. The van der Waals surface area contributed by atoms with Gasteiger partial charge in [0.05, 0.1) is 17.2 Å². The number of carbonyl (C=O) groups excluding carboxylic acids is 2. The Morgan fingerprint density at radius 2 is 1.88 bits per heavy atom. The lowest BCUT2D eigenvalue weighted by Crippen LogP contribution is -2.65. The summed E-state index contributed by atoms with van der Waals surface area (Å²) in [6, 6.07) is 10.7. The topological polar surface area (TPSA) is 174 Å². The van der Waals surface area contributed by atoms with Crippen LogP contribution in [-0.2, 0) is 4.79 Å². The lowest BCUT2D eigenvalue weighted by Gasteiger charge is -2.54. The van der Waals surface area contributed by atoms with Crippen LogP contribution in [0.4, 0.5) is 5.69 Å². The van der Waals surface area contributed by atoms with Gasteiger partial charge in [-0.1, -0.05) is 18.2 Å². The number of primary amides is 1. The minimum absolute atomic E-state index is 0.0553. The summed E-state index contributed by atoms with van der Waals surface area (Å²) in [5.41, 5.74) is 4.88. The van der Waals surface area contributed by atoms with Crippen molar-refractivity contribution in [1.29, 1.82) is 0 Å². The highest BCUT2D eigenvalue weighted by Gasteiger charge is 2.64. The van der Waals surface area contributed by atoms with Gasteiger partial charge < -0.3 is 35.5 Å². The smallest absolute Gasteiger partial charge is 0.250 e. The molecule has 0 saturated heterocycles. The highest BCUT2D eigenvalue weighted by atomic mass is 32.2. The van der Waals surface area contributed by atoms with E-state index < -0.39 is 58.4 Å². The predicted octanol–water partition coefficient (Wildman–Crippen LogP) is 2.75. The molecule has 6 atom stereocenters. The molecule has 226 valence electrons. The van der Waals surface area contributed by atoms with E-state index in [0.717, 1.165) is 16.1 Å². The van der Waals surface area contributed by atoms with Gasteiger partial charge in [-0.15, -0.1) is 11.8 Å². The van der Waals surface area contributed by atoms with Crippen LogP contribution in [0.5, 0.6) is 0 Å². The normalized spacial score (nSPS) is 28.6. The van der Waals surface area contributed by atoms with Crippen molar-refractivity contribution < 1.29 is 34.4 Å². The van der Waals surface area contributed by atoms with Crippen LogP contribution in [0.3, 0.4) is 0 Å².